The van der Waals surface area contributed by atoms with Crippen LogP contribution < -0.4 is 5.32 Å². The van der Waals surface area contributed by atoms with Gasteiger partial charge in [-0.15, -0.1) is 0 Å². The summed E-state index contributed by atoms with van der Waals surface area (Å²) >= 11 is 0. The number of nitrogens with one attached hydrogen (secondary N) is 1. The fraction of sp³-hybridized carbons (Fsp3) is 0.538. The lowest BCUT2D eigenvalue weighted by Crippen LogP contribution is -2.32. The summed E-state index contributed by atoms with van der Waals surface area (Å²) in [6, 6.07) is 4.86. The Morgan fingerprint density at radius 2 is 2.33 bits per heavy atom. The Labute approximate surface area is 106 Å². The summed E-state index contributed by atoms with van der Waals surface area (Å²) in [5, 5.41) is 14.0. The molecule has 0 aliphatic carbocycles. The number of non-ortho nitro benzene ring substituents is 1. The Morgan fingerprint density at radius 3 is 2.89 bits per heavy atom. The predicted molar refractivity (Wildman–Crippen MR) is 69.9 cm³/mol. The minimum Gasteiger partial charge on any atom is -0.382 e. The maximum atomic E-state index is 10.6. The number of ether oxygens (including phenoxy) is 1. The van der Waals surface area contributed by atoms with Gasteiger partial charge in [-0.1, -0.05) is 0 Å². The zero-order valence-corrected chi connectivity index (χ0v) is 10.7. The molecule has 1 N–H and O–H groups in total. The molecule has 2 rings (SSSR count). The molecule has 1 aromatic rings. The molecule has 5 heteroatoms. The second-order valence-electron chi connectivity index (χ2n) is 5.01. The average molecular weight is 250 g/mol. The van der Waals surface area contributed by atoms with Crippen molar-refractivity contribution in [2.45, 2.75) is 32.3 Å². The van der Waals surface area contributed by atoms with Gasteiger partial charge < -0.3 is 10.1 Å². The molecule has 1 heterocycles. The van der Waals surface area contributed by atoms with Gasteiger partial charge in [0.25, 0.3) is 5.69 Å². The van der Waals surface area contributed by atoms with E-state index in [9.17, 15) is 10.1 Å². The number of rotatable bonds is 4. The van der Waals surface area contributed by atoms with E-state index in [4.69, 9.17) is 4.74 Å². The van der Waals surface area contributed by atoms with Gasteiger partial charge >= 0.3 is 0 Å². The van der Waals surface area contributed by atoms with Crippen molar-refractivity contribution in [1.29, 1.82) is 0 Å². The molecular formula is C13H18N2O3. The van der Waals surface area contributed by atoms with Crippen molar-refractivity contribution < 1.29 is 9.66 Å². The van der Waals surface area contributed by atoms with Crippen molar-refractivity contribution in [3.63, 3.8) is 0 Å². The van der Waals surface area contributed by atoms with Gasteiger partial charge in [0, 0.05) is 31.0 Å². The third-order valence-corrected chi connectivity index (χ3v) is 3.37. The summed E-state index contributed by atoms with van der Waals surface area (Å²) in [7, 11) is 0. The number of benzene rings is 1. The SMILES string of the molecule is Cc1cc([N+](=O)[O-])ccc1NCC1(C)CCCO1. The highest BCUT2D eigenvalue weighted by atomic mass is 16.6. The van der Waals surface area contributed by atoms with Crippen LogP contribution in [0.15, 0.2) is 18.2 Å². The molecule has 0 saturated carbocycles. The molecule has 1 atom stereocenters. The predicted octanol–water partition coefficient (Wildman–Crippen LogP) is 2.88. The van der Waals surface area contributed by atoms with E-state index in [0.29, 0.717) is 0 Å². The highest BCUT2D eigenvalue weighted by Crippen LogP contribution is 2.27. The number of hydrogen-bond donors (Lipinski definition) is 1. The smallest absolute Gasteiger partial charge is 0.269 e. The number of anilines is 1. The molecule has 1 fully saturated rings. The van der Waals surface area contributed by atoms with Crippen LogP contribution in [0.5, 0.6) is 0 Å². The van der Waals surface area contributed by atoms with Crippen LogP contribution in [0, 0.1) is 17.0 Å². The molecule has 1 aliphatic rings. The highest BCUT2D eigenvalue weighted by Gasteiger charge is 2.29. The van der Waals surface area contributed by atoms with Gasteiger partial charge in [-0.05, 0) is 38.3 Å². The number of hydrogen-bond acceptors (Lipinski definition) is 4. The van der Waals surface area contributed by atoms with E-state index in [1.54, 1.807) is 12.1 Å². The minimum atomic E-state index is -0.377. The topological polar surface area (TPSA) is 64.4 Å². The minimum absolute atomic E-state index is 0.117. The van der Waals surface area contributed by atoms with Crippen molar-refractivity contribution in [2.24, 2.45) is 0 Å². The van der Waals surface area contributed by atoms with Crippen molar-refractivity contribution in [1.82, 2.24) is 0 Å². The van der Waals surface area contributed by atoms with Gasteiger partial charge in [-0.3, -0.25) is 10.1 Å². The number of nitro groups is 1. The maximum Gasteiger partial charge on any atom is 0.269 e. The third-order valence-electron chi connectivity index (χ3n) is 3.37. The van der Waals surface area contributed by atoms with E-state index in [1.165, 1.54) is 6.07 Å². The van der Waals surface area contributed by atoms with Crippen molar-refractivity contribution in [3.8, 4) is 0 Å². The lowest BCUT2D eigenvalue weighted by Gasteiger charge is -2.24. The molecule has 5 nitrogen and oxygen atoms in total. The van der Waals surface area contributed by atoms with Gasteiger partial charge in [-0.25, -0.2) is 0 Å². The Bertz CT molecular complexity index is 454. The molecule has 0 bridgehead atoms. The van der Waals surface area contributed by atoms with Gasteiger partial charge in [0.15, 0.2) is 0 Å². The first-order valence-electron chi connectivity index (χ1n) is 6.13. The molecule has 0 radical (unpaired) electrons. The second kappa shape index (κ2) is 4.94. The zero-order chi connectivity index (χ0) is 13.2. The molecule has 0 aromatic heterocycles. The first kappa shape index (κ1) is 12.8. The summed E-state index contributed by atoms with van der Waals surface area (Å²) in [4.78, 5) is 10.3. The molecule has 0 spiro atoms. The lowest BCUT2D eigenvalue weighted by molar-refractivity contribution is -0.384. The molecule has 1 aliphatic heterocycles. The quantitative estimate of drug-likeness (QED) is 0.659. The molecule has 18 heavy (non-hydrogen) atoms. The Kier molecular flexibility index (Phi) is 3.52. The number of nitrogens with zero attached hydrogens (tertiary/aromatic N) is 1. The summed E-state index contributed by atoms with van der Waals surface area (Å²) in [6.07, 6.45) is 2.14. The molecule has 1 unspecified atom stereocenters. The normalized spacial score (nSPS) is 23.0. The first-order valence-corrected chi connectivity index (χ1v) is 6.13. The van der Waals surface area contributed by atoms with Crippen LogP contribution in [0.1, 0.15) is 25.3 Å². The van der Waals surface area contributed by atoms with E-state index in [1.807, 2.05) is 6.92 Å². The van der Waals surface area contributed by atoms with E-state index >= 15 is 0 Å². The summed E-state index contributed by atoms with van der Waals surface area (Å²) in [5.74, 6) is 0. The highest BCUT2D eigenvalue weighted by molar-refractivity contribution is 5.55. The third kappa shape index (κ3) is 2.79. The standard InChI is InChI=1S/C13H18N2O3/c1-10-8-11(15(16)17)4-5-12(10)14-9-13(2)6-3-7-18-13/h4-5,8,14H,3,6-7,9H2,1-2H3. The van der Waals surface area contributed by atoms with Crippen LogP contribution >= 0.6 is 0 Å². The van der Waals surface area contributed by atoms with Crippen LogP contribution in [0.4, 0.5) is 11.4 Å². The Morgan fingerprint density at radius 1 is 1.56 bits per heavy atom. The summed E-state index contributed by atoms with van der Waals surface area (Å²) in [5.41, 5.74) is 1.82. The molecule has 0 amide bonds. The number of nitro benzene ring substituents is 1. The van der Waals surface area contributed by atoms with Crippen molar-refractivity contribution in [2.75, 3.05) is 18.5 Å². The largest absolute Gasteiger partial charge is 0.382 e. The maximum absolute atomic E-state index is 10.6. The zero-order valence-electron chi connectivity index (χ0n) is 10.7. The lowest BCUT2D eigenvalue weighted by atomic mass is 10.0. The van der Waals surface area contributed by atoms with Gasteiger partial charge in [0.2, 0.25) is 0 Å². The Hall–Kier alpha value is -1.62. The van der Waals surface area contributed by atoms with Gasteiger partial charge in [0.05, 0.1) is 10.5 Å². The van der Waals surface area contributed by atoms with E-state index in [2.05, 4.69) is 12.2 Å². The molecule has 1 saturated heterocycles. The first-order chi connectivity index (χ1) is 8.50. The Balaban J connectivity index is 2.03. The van der Waals surface area contributed by atoms with Crippen LogP contribution in [-0.4, -0.2) is 23.7 Å². The summed E-state index contributed by atoms with van der Waals surface area (Å²) < 4.78 is 5.69. The molecular weight excluding hydrogens is 232 g/mol. The number of aryl methyl sites for hydroxylation is 1. The van der Waals surface area contributed by atoms with Crippen LogP contribution in [0.2, 0.25) is 0 Å². The average Bonchev–Trinajstić information content (AvgIpc) is 2.75. The molecule has 1 aromatic carbocycles. The van der Waals surface area contributed by atoms with Gasteiger partial charge in [0.1, 0.15) is 0 Å². The van der Waals surface area contributed by atoms with Crippen LogP contribution in [-0.2, 0) is 4.74 Å². The van der Waals surface area contributed by atoms with Crippen LogP contribution in [0.25, 0.3) is 0 Å². The van der Waals surface area contributed by atoms with E-state index in [0.717, 1.165) is 37.2 Å². The van der Waals surface area contributed by atoms with E-state index < -0.39 is 0 Å². The van der Waals surface area contributed by atoms with E-state index in [-0.39, 0.29) is 16.2 Å². The fourth-order valence-electron chi connectivity index (χ4n) is 2.22. The fourth-order valence-corrected chi connectivity index (χ4v) is 2.22. The van der Waals surface area contributed by atoms with Crippen LogP contribution in [0.3, 0.4) is 0 Å². The second-order valence-corrected chi connectivity index (χ2v) is 5.01. The monoisotopic (exact) mass is 250 g/mol. The van der Waals surface area contributed by atoms with Crippen molar-refractivity contribution in [3.05, 3.63) is 33.9 Å². The molecule has 98 valence electrons. The van der Waals surface area contributed by atoms with Gasteiger partial charge in [-0.2, -0.15) is 0 Å². The van der Waals surface area contributed by atoms with Crippen molar-refractivity contribution >= 4 is 11.4 Å². The summed E-state index contributed by atoms with van der Waals surface area (Å²) in [6.45, 7) is 5.50.